The molecule has 0 radical (unpaired) electrons. The van der Waals surface area contributed by atoms with Crippen LogP contribution in [0.3, 0.4) is 0 Å². The number of anilines is 2. The maximum absolute atomic E-state index is 4.88. The summed E-state index contributed by atoms with van der Waals surface area (Å²) in [7, 11) is 4.13. The van der Waals surface area contributed by atoms with Gasteiger partial charge in [-0.15, -0.1) is 0 Å². The van der Waals surface area contributed by atoms with Gasteiger partial charge in [0, 0.05) is 50.3 Å². The van der Waals surface area contributed by atoms with E-state index >= 15 is 0 Å². The summed E-state index contributed by atoms with van der Waals surface area (Å²) in [5.74, 6) is 0. The van der Waals surface area contributed by atoms with Crippen LogP contribution >= 0.6 is 0 Å². The van der Waals surface area contributed by atoms with Crippen molar-refractivity contribution in [2.75, 3.05) is 30.6 Å². The van der Waals surface area contributed by atoms with Crippen LogP contribution in [0.4, 0.5) is 11.4 Å². The number of benzene rings is 2. The molecule has 0 unspecified atom stereocenters. The summed E-state index contributed by atoms with van der Waals surface area (Å²) in [6, 6.07) is 27.1. The second-order valence-electron chi connectivity index (χ2n) is 7.77. The lowest BCUT2D eigenvalue weighted by atomic mass is 10.3. The van der Waals surface area contributed by atoms with Crippen molar-refractivity contribution in [2.45, 2.75) is 13.1 Å². The maximum atomic E-state index is 4.88. The molecular weight excluding hydrogens is 382 g/mol. The number of rotatable bonds is 8. The summed E-state index contributed by atoms with van der Waals surface area (Å²) in [5, 5.41) is 0. The van der Waals surface area contributed by atoms with Crippen LogP contribution in [0.25, 0.3) is 0 Å². The smallest absolute Gasteiger partial charge is 0.0946 e. The lowest BCUT2D eigenvalue weighted by molar-refractivity contribution is 0.392. The molecule has 5 nitrogen and oxygen atoms in total. The first kappa shape index (κ1) is 20.5. The van der Waals surface area contributed by atoms with E-state index in [-0.39, 0.29) is 0 Å². The highest BCUT2D eigenvalue weighted by Gasteiger charge is 2.14. The van der Waals surface area contributed by atoms with E-state index in [0.29, 0.717) is 0 Å². The number of pyridine rings is 1. The van der Waals surface area contributed by atoms with Crippen LogP contribution in [0.2, 0.25) is 0 Å². The predicted octanol–water partition coefficient (Wildman–Crippen LogP) is 4.87. The summed E-state index contributed by atoms with van der Waals surface area (Å²) in [6.45, 7) is 2.40. The van der Waals surface area contributed by atoms with E-state index in [1.807, 2.05) is 24.3 Å². The fourth-order valence-corrected chi connectivity index (χ4v) is 3.54. The van der Waals surface area contributed by atoms with Gasteiger partial charge >= 0.3 is 0 Å². The third kappa shape index (κ3) is 5.66. The van der Waals surface area contributed by atoms with Crippen LogP contribution in [-0.2, 0) is 13.1 Å². The average molecular weight is 412 g/mol. The Bertz CT molecular complexity index is 1020. The molecule has 0 fully saturated rings. The van der Waals surface area contributed by atoms with Crippen LogP contribution in [0, 0.1) is 0 Å². The maximum Gasteiger partial charge on any atom is 0.0946 e. The molecule has 2 heterocycles. The van der Waals surface area contributed by atoms with E-state index < -0.39 is 0 Å². The largest absolute Gasteiger partial charge is 0.373 e. The fraction of sp³-hybridized carbons (Fsp3) is 0.192. The molecule has 2 aromatic carbocycles. The predicted molar refractivity (Wildman–Crippen MR) is 128 cm³/mol. The topological polar surface area (TPSA) is 25.9 Å². The summed E-state index contributed by atoms with van der Waals surface area (Å²) < 4.78 is 0. The van der Waals surface area contributed by atoms with Crippen molar-refractivity contribution >= 4 is 11.4 Å². The van der Waals surface area contributed by atoms with Gasteiger partial charge in [-0.3, -0.25) is 4.98 Å². The molecule has 0 aliphatic carbocycles. The molecule has 1 aliphatic heterocycles. The number of aromatic nitrogens is 1. The molecule has 0 saturated carbocycles. The highest BCUT2D eigenvalue weighted by Crippen LogP contribution is 2.20. The van der Waals surface area contributed by atoms with Gasteiger partial charge in [0.05, 0.1) is 31.1 Å². The standard InChI is InChI=1S/C26H29N5/c1-28(16-17-29(2)25-12-5-3-6-13-25)20-23-10-9-11-24(27-23)21-30-18-19-31(22-30)26-14-7-4-8-15-26/h3-19H,20-22H2,1-2H3/b17-16-. The van der Waals surface area contributed by atoms with Crippen LogP contribution in [-0.4, -0.2) is 35.5 Å². The first-order valence-electron chi connectivity index (χ1n) is 10.5. The highest BCUT2D eigenvalue weighted by molar-refractivity contribution is 5.50. The summed E-state index contributed by atoms with van der Waals surface area (Å²) in [6.07, 6.45) is 8.42. The zero-order valence-corrected chi connectivity index (χ0v) is 18.2. The Morgan fingerprint density at radius 1 is 0.806 bits per heavy atom. The Kier molecular flexibility index (Phi) is 6.53. The molecular formula is C26H29N5. The van der Waals surface area contributed by atoms with Crippen molar-refractivity contribution in [3.63, 3.8) is 0 Å². The highest BCUT2D eigenvalue weighted by atomic mass is 15.3. The number of hydrogen-bond acceptors (Lipinski definition) is 5. The average Bonchev–Trinajstić information content (AvgIpc) is 3.27. The molecule has 158 valence electrons. The van der Waals surface area contributed by atoms with E-state index in [2.05, 4.69) is 113 Å². The number of para-hydroxylation sites is 2. The van der Waals surface area contributed by atoms with E-state index in [1.54, 1.807) is 0 Å². The molecule has 1 aromatic heterocycles. The molecule has 4 rings (SSSR count). The van der Waals surface area contributed by atoms with E-state index in [9.17, 15) is 0 Å². The van der Waals surface area contributed by atoms with Gasteiger partial charge in [0.1, 0.15) is 0 Å². The quantitative estimate of drug-likeness (QED) is 0.527. The van der Waals surface area contributed by atoms with Gasteiger partial charge in [-0.2, -0.15) is 0 Å². The van der Waals surface area contributed by atoms with Crippen molar-refractivity contribution in [2.24, 2.45) is 0 Å². The molecule has 0 N–H and O–H groups in total. The summed E-state index contributed by atoms with van der Waals surface area (Å²) in [5.41, 5.74) is 4.51. The van der Waals surface area contributed by atoms with Gasteiger partial charge in [-0.25, -0.2) is 0 Å². The monoisotopic (exact) mass is 411 g/mol. The number of hydrogen-bond donors (Lipinski definition) is 0. The molecule has 5 heteroatoms. The summed E-state index contributed by atoms with van der Waals surface area (Å²) >= 11 is 0. The second kappa shape index (κ2) is 9.85. The molecule has 0 saturated heterocycles. The van der Waals surface area contributed by atoms with Crippen molar-refractivity contribution in [3.05, 3.63) is 115 Å². The Balaban J connectivity index is 1.31. The number of nitrogens with zero attached hydrogens (tertiary/aromatic N) is 5. The minimum Gasteiger partial charge on any atom is -0.373 e. The minimum absolute atomic E-state index is 0.763. The molecule has 1 aliphatic rings. The van der Waals surface area contributed by atoms with Crippen molar-refractivity contribution in [3.8, 4) is 0 Å². The van der Waals surface area contributed by atoms with E-state index in [0.717, 1.165) is 36.8 Å². The van der Waals surface area contributed by atoms with Crippen molar-refractivity contribution < 1.29 is 0 Å². The van der Waals surface area contributed by atoms with Crippen molar-refractivity contribution in [1.82, 2.24) is 14.8 Å². The van der Waals surface area contributed by atoms with Crippen LogP contribution < -0.4 is 9.80 Å². The van der Waals surface area contributed by atoms with Crippen LogP contribution in [0.5, 0.6) is 0 Å². The fourth-order valence-electron chi connectivity index (χ4n) is 3.54. The molecule has 31 heavy (non-hydrogen) atoms. The normalized spacial score (nSPS) is 13.2. The third-order valence-corrected chi connectivity index (χ3v) is 5.23. The third-order valence-electron chi connectivity index (χ3n) is 5.23. The van der Waals surface area contributed by atoms with Crippen LogP contribution in [0.15, 0.2) is 104 Å². The Morgan fingerprint density at radius 2 is 1.52 bits per heavy atom. The van der Waals surface area contributed by atoms with Gasteiger partial charge in [-0.05, 0) is 36.4 Å². The van der Waals surface area contributed by atoms with Gasteiger partial charge in [0.2, 0.25) is 0 Å². The zero-order valence-electron chi connectivity index (χ0n) is 18.2. The van der Waals surface area contributed by atoms with E-state index in [4.69, 9.17) is 4.98 Å². The Hall–Kier alpha value is -3.73. The molecule has 3 aromatic rings. The second-order valence-corrected chi connectivity index (χ2v) is 7.77. The van der Waals surface area contributed by atoms with Crippen LogP contribution in [0.1, 0.15) is 11.4 Å². The molecule has 0 bridgehead atoms. The molecule has 0 amide bonds. The lowest BCUT2D eigenvalue weighted by Gasteiger charge is -2.21. The minimum atomic E-state index is 0.763. The summed E-state index contributed by atoms with van der Waals surface area (Å²) in [4.78, 5) is 13.7. The first-order valence-corrected chi connectivity index (χ1v) is 10.5. The molecule has 0 atom stereocenters. The van der Waals surface area contributed by atoms with Gasteiger partial charge in [0.15, 0.2) is 0 Å². The van der Waals surface area contributed by atoms with Gasteiger partial charge in [0.25, 0.3) is 0 Å². The lowest BCUT2D eigenvalue weighted by Crippen LogP contribution is -2.25. The van der Waals surface area contributed by atoms with Gasteiger partial charge in [-0.1, -0.05) is 42.5 Å². The van der Waals surface area contributed by atoms with Crippen molar-refractivity contribution in [1.29, 1.82) is 0 Å². The van der Waals surface area contributed by atoms with E-state index in [1.165, 1.54) is 5.69 Å². The first-order chi connectivity index (χ1) is 15.2. The Morgan fingerprint density at radius 3 is 2.29 bits per heavy atom. The zero-order chi connectivity index (χ0) is 21.5. The Labute approximate surface area is 185 Å². The SMILES string of the molecule is CN(/C=C\N(C)c1ccccc1)Cc1cccc(CN2C=CN(c3ccccc3)C2)n1. The van der Waals surface area contributed by atoms with Gasteiger partial charge < -0.3 is 19.6 Å². The molecule has 0 spiro atoms.